The number of carbonyl (C=O) groups excluding carboxylic acids is 1. The summed E-state index contributed by atoms with van der Waals surface area (Å²) in [4.78, 5) is 14.2. The van der Waals surface area contributed by atoms with Gasteiger partial charge in [-0.25, -0.2) is 0 Å². The monoisotopic (exact) mass is 394 g/mol. The lowest BCUT2D eigenvalue weighted by atomic mass is 10.0. The van der Waals surface area contributed by atoms with Gasteiger partial charge in [0.25, 0.3) is 0 Å². The predicted molar refractivity (Wildman–Crippen MR) is 123 cm³/mol. The van der Waals surface area contributed by atoms with Crippen molar-refractivity contribution < 1.29 is 4.79 Å². The van der Waals surface area contributed by atoms with E-state index in [1.54, 1.807) is 6.08 Å². The molecule has 0 amide bonds. The Bertz CT molecular complexity index is 1240. The zero-order chi connectivity index (χ0) is 19.8. The molecule has 5 rings (SSSR count). The molecular formula is C26H20NOS+. The molecule has 1 heterocycles. The predicted octanol–water partition coefficient (Wildman–Crippen LogP) is 6.26. The fraction of sp³-hybridized carbons (Fsp3) is 0.0385. The number of benzene rings is 4. The van der Waals surface area contributed by atoms with E-state index in [9.17, 15) is 4.79 Å². The molecule has 0 bridgehead atoms. The molecule has 1 N–H and O–H groups in total. The molecule has 1 atom stereocenters. The summed E-state index contributed by atoms with van der Waals surface area (Å²) in [6, 6.07) is 30.7. The number of anilines is 1. The van der Waals surface area contributed by atoms with Gasteiger partial charge in [0, 0.05) is 10.9 Å². The molecule has 4 aromatic rings. The number of ketones is 1. The average molecular weight is 395 g/mol. The number of nitrogens with one attached hydrogen (secondary N) is 1. The highest BCUT2D eigenvalue weighted by Gasteiger charge is 2.35. The van der Waals surface area contributed by atoms with Gasteiger partial charge in [0.2, 0.25) is 5.03 Å². The topological polar surface area (TPSA) is 29.1 Å². The van der Waals surface area contributed by atoms with Gasteiger partial charge in [-0.3, -0.25) is 4.79 Å². The van der Waals surface area contributed by atoms with E-state index in [-0.39, 0.29) is 16.7 Å². The molecule has 3 heteroatoms. The van der Waals surface area contributed by atoms with Gasteiger partial charge < -0.3 is 5.32 Å². The van der Waals surface area contributed by atoms with Gasteiger partial charge >= 0.3 is 0 Å². The summed E-state index contributed by atoms with van der Waals surface area (Å²) < 4.78 is 0. The van der Waals surface area contributed by atoms with Crippen molar-refractivity contribution in [2.75, 3.05) is 11.6 Å². The average Bonchev–Trinajstić information content (AvgIpc) is 3.10. The quantitative estimate of drug-likeness (QED) is 0.252. The Balaban J connectivity index is 1.43. The molecule has 0 radical (unpaired) electrons. The molecule has 0 fully saturated rings. The van der Waals surface area contributed by atoms with Crippen LogP contribution >= 0.6 is 0 Å². The van der Waals surface area contributed by atoms with Gasteiger partial charge in [0.1, 0.15) is 11.9 Å². The molecule has 0 spiro atoms. The van der Waals surface area contributed by atoms with Crippen LogP contribution < -0.4 is 5.32 Å². The van der Waals surface area contributed by atoms with Crippen LogP contribution in [0.5, 0.6) is 0 Å². The Hall–Kier alpha value is -3.30. The molecule has 2 nitrogen and oxygen atoms in total. The van der Waals surface area contributed by atoms with E-state index < -0.39 is 0 Å². The van der Waals surface area contributed by atoms with E-state index in [0.717, 1.165) is 21.8 Å². The molecule has 0 aliphatic carbocycles. The van der Waals surface area contributed by atoms with E-state index in [0.29, 0.717) is 5.56 Å². The Labute approximate surface area is 173 Å². The highest BCUT2D eigenvalue weighted by Crippen LogP contribution is 2.40. The van der Waals surface area contributed by atoms with Crippen LogP contribution in [0, 0.1) is 0 Å². The van der Waals surface area contributed by atoms with Gasteiger partial charge in [0.05, 0.1) is 17.0 Å². The zero-order valence-corrected chi connectivity index (χ0v) is 16.9. The van der Waals surface area contributed by atoms with Crippen LogP contribution in [0.25, 0.3) is 21.9 Å². The lowest BCUT2D eigenvalue weighted by molar-refractivity contribution is 0.104. The van der Waals surface area contributed by atoms with Gasteiger partial charge in [-0.15, -0.1) is 0 Å². The third-order valence-electron chi connectivity index (χ3n) is 5.34. The minimum Gasteiger partial charge on any atom is -0.311 e. The maximum atomic E-state index is 12.9. The third kappa shape index (κ3) is 3.24. The molecule has 0 saturated heterocycles. The van der Waals surface area contributed by atoms with Crippen molar-refractivity contribution in [2.45, 2.75) is 4.90 Å². The first-order valence-corrected chi connectivity index (χ1v) is 11.2. The van der Waals surface area contributed by atoms with Crippen LogP contribution in [0.15, 0.2) is 107 Å². The van der Waals surface area contributed by atoms with Crippen LogP contribution in [0.3, 0.4) is 0 Å². The number of hydrogen-bond acceptors (Lipinski definition) is 2. The van der Waals surface area contributed by atoms with Crippen molar-refractivity contribution in [3.8, 4) is 11.1 Å². The fourth-order valence-electron chi connectivity index (χ4n) is 3.74. The van der Waals surface area contributed by atoms with Gasteiger partial charge in [-0.2, -0.15) is 0 Å². The first kappa shape index (κ1) is 17.8. The molecule has 1 unspecified atom stereocenters. The fourth-order valence-corrected chi connectivity index (χ4v) is 5.25. The van der Waals surface area contributed by atoms with E-state index in [4.69, 9.17) is 0 Å². The Morgan fingerprint density at radius 3 is 2.28 bits per heavy atom. The van der Waals surface area contributed by atoms with Crippen molar-refractivity contribution >= 4 is 33.1 Å². The largest absolute Gasteiger partial charge is 0.311 e. The van der Waals surface area contributed by atoms with Crippen LogP contribution in [-0.4, -0.2) is 12.0 Å². The first-order valence-electron chi connectivity index (χ1n) is 9.57. The molecule has 0 saturated carbocycles. The number of allylic oxidation sites excluding steroid dienone is 1. The summed E-state index contributed by atoms with van der Waals surface area (Å²) in [5.74, 6) is 0.0311. The first-order chi connectivity index (χ1) is 14.2. The summed E-state index contributed by atoms with van der Waals surface area (Å²) in [6.07, 6.45) is 3.93. The van der Waals surface area contributed by atoms with E-state index in [1.807, 2.05) is 42.5 Å². The summed E-state index contributed by atoms with van der Waals surface area (Å²) in [5.41, 5.74) is 4.10. The van der Waals surface area contributed by atoms with Gasteiger partial charge in [-0.05, 0) is 28.6 Å². The lowest BCUT2D eigenvalue weighted by Gasteiger charge is -2.03. The smallest absolute Gasteiger partial charge is 0.234 e. The second-order valence-electron chi connectivity index (χ2n) is 7.11. The molecule has 140 valence electrons. The minimum atomic E-state index is -0.141. The lowest BCUT2D eigenvalue weighted by Crippen LogP contribution is -2.05. The summed E-state index contributed by atoms with van der Waals surface area (Å²) in [7, 11) is -0.141. The maximum absolute atomic E-state index is 12.9. The van der Waals surface area contributed by atoms with E-state index in [2.05, 4.69) is 60.1 Å². The summed E-state index contributed by atoms with van der Waals surface area (Å²) in [5, 5.41) is 6.91. The highest BCUT2D eigenvalue weighted by molar-refractivity contribution is 8.00. The van der Waals surface area contributed by atoms with Crippen molar-refractivity contribution in [3.05, 3.63) is 108 Å². The van der Waals surface area contributed by atoms with E-state index >= 15 is 0 Å². The normalized spacial score (nSPS) is 16.6. The van der Waals surface area contributed by atoms with Gasteiger partial charge in [0.15, 0.2) is 10.7 Å². The van der Waals surface area contributed by atoms with Crippen LogP contribution in [0.1, 0.15) is 10.4 Å². The van der Waals surface area contributed by atoms with Crippen molar-refractivity contribution in [1.29, 1.82) is 0 Å². The molecule has 0 aromatic heterocycles. The molecule has 4 aromatic carbocycles. The molecular weight excluding hydrogens is 374 g/mol. The Kier molecular flexibility index (Phi) is 4.45. The Morgan fingerprint density at radius 2 is 1.48 bits per heavy atom. The van der Waals surface area contributed by atoms with Gasteiger partial charge in [-0.1, -0.05) is 78.9 Å². The number of rotatable bonds is 3. The number of fused-ring (bicyclic) bond motifs is 3. The van der Waals surface area contributed by atoms with Crippen molar-refractivity contribution in [1.82, 2.24) is 0 Å². The van der Waals surface area contributed by atoms with Crippen LogP contribution in [-0.2, 0) is 10.9 Å². The summed E-state index contributed by atoms with van der Waals surface area (Å²) in [6.45, 7) is 0. The highest BCUT2D eigenvalue weighted by atomic mass is 32.2. The Morgan fingerprint density at radius 1 is 0.793 bits per heavy atom. The second-order valence-corrected chi connectivity index (χ2v) is 9.01. The third-order valence-corrected chi connectivity index (χ3v) is 7.22. The number of carbonyl (C=O) groups is 1. The standard InChI is InChI=1S/C26H19NOS/c1-29-24-16-15-20-9-5-6-10-22(20)26(24)27-25(29)17-23(28)21-13-11-19(12-14-21)18-7-3-2-4-8-18/h2-17H,1H3/p+1. The zero-order valence-electron chi connectivity index (χ0n) is 16.1. The maximum Gasteiger partial charge on any atom is 0.234 e. The SMILES string of the molecule is C[S+]1C(=CC(=O)c2ccc(-c3ccccc3)cc2)Nc2c1ccc1ccccc21. The minimum absolute atomic E-state index is 0.0311. The van der Waals surface area contributed by atoms with E-state index in [1.165, 1.54) is 15.7 Å². The molecule has 1 aliphatic heterocycles. The van der Waals surface area contributed by atoms with Crippen molar-refractivity contribution in [2.24, 2.45) is 0 Å². The van der Waals surface area contributed by atoms with Crippen LogP contribution in [0.2, 0.25) is 0 Å². The number of hydrogen-bond donors (Lipinski definition) is 1. The van der Waals surface area contributed by atoms with Crippen molar-refractivity contribution in [3.63, 3.8) is 0 Å². The second kappa shape index (κ2) is 7.26. The summed E-state index contributed by atoms with van der Waals surface area (Å²) >= 11 is 0. The molecule has 29 heavy (non-hydrogen) atoms. The molecule has 1 aliphatic rings. The van der Waals surface area contributed by atoms with Crippen LogP contribution in [0.4, 0.5) is 5.69 Å².